The Hall–Kier alpha value is -0.580. The molecule has 0 atom stereocenters. The topological polar surface area (TPSA) is 30.5 Å². The smallest absolute Gasteiger partial charge is 0.120 e. The second-order valence-corrected chi connectivity index (χ2v) is 6.32. The Balaban J connectivity index is 1.62. The summed E-state index contributed by atoms with van der Waals surface area (Å²) in [4.78, 5) is 0. The van der Waals surface area contributed by atoms with Crippen molar-refractivity contribution in [2.45, 2.75) is 19.8 Å². The van der Waals surface area contributed by atoms with Gasteiger partial charge in [-0.05, 0) is 36.5 Å². The van der Waals surface area contributed by atoms with E-state index in [1.54, 1.807) is 0 Å². The van der Waals surface area contributed by atoms with Crippen molar-refractivity contribution in [1.29, 1.82) is 0 Å². The Morgan fingerprint density at radius 1 is 1.37 bits per heavy atom. The first-order valence-electron chi connectivity index (χ1n) is 6.85. The van der Waals surface area contributed by atoms with Crippen molar-refractivity contribution >= 4 is 15.9 Å². The molecule has 0 unspecified atom stereocenters. The van der Waals surface area contributed by atoms with E-state index >= 15 is 0 Å². The Bertz CT molecular complexity index is 391. The zero-order chi connectivity index (χ0) is 13.6. The summed E-state index contributed by atoms with van der Waals surface area (Å²) in [6.07, 6.45) is 2.29. The molecule has 1 aromatic carbocycles. The number of halogens is 1. The summed E-state index contributed by atoms with van der Waals surface area (Å²) in [6, 6.07) is 7.94. The van der Waals surface area contributed by atoms with E-state index < -0.39 is 0 Å². The molecule has 0 saturated carbocycles. The van der Waals surface area contributed by atoms with Crippen LogP contribution in [0, 0.1) is 5.41 Å². The Morgan fingerprint density at radius 3 is 2.89 bits per heavy atom. The molecule has 0 spiro atoms. The summed E-state index contributed by atoms with van der Waals surface area (Å²) < 4.78 is 12.1. The Labute approximate surface area is 123 Å². The lowest BCUT2D eigenvalue weighted by Gasteiger charge is -2.33. The summed E-state index contributed by atoms with van der Waals surface area (Å²) in [7, 11) is 0. The van der Waals surface area contributed by atoms with Crippen LogP contribution in [0.15, 0.2) is 28.7 Å². The van der Waals surface area contributed by atoms with Gasteiger partial charge in [-0.3, -0.25) is 0 Å². The molecule has 0 amide bonds. The number of benzene rings is 1. The maximum atomic E-state index is 5.69. The highest BCUT2D eigenvalue weighted by molar-refractivity contribution is 9.10. The molecule has 0 radical (unpaired) electrons. The maximum absolute atomic E-state index is 5.69. The lowest BCUT2D eigenvalue weighted by Crippen LogP contribution is -2.38. The summed E-state index contributed by atoms with van der Waals surface area (Å²) in [6.45, 7) is 6.74. The van der Waals surface area contributed by atoms with Gasteiger partial charge in [-0.15, -0.1) is 0 Å². The van der Waals surface area contributed by atoms with Gasteiger partial charge in [-0.25, -0.2) is 0 Å². The summed E-state index contributed by atoms with van der Waals surface area (Å²) >= 11 is 3.44. The zero-order valence-corrected chi connectivity index (χ0v) is 13.0. The van der Waals surface area contributed by atoms with Crippen LogP contribution in [0.25, 0.3) is 0 Å². The van der Waals surface area contributed by atoms with Crippen molar-refractivity contribution in [1.82, 2.24) is 5.32 Å². The molecule has 106 valence electrons. The van der Waals surface area contributed by atoms with Gasteiger partial charge in [0.15, 0.2) is 0 Å². The third kappa shape index (κ3) is 5.13. The minimum atomic E-state index is 0.383. The first-order chi connectivity index (χ1) is 9.18. The molecular formula is C15H22BrNO2. The van der Waals surface area contributed by atoms with Crippen molar-refractivity contribution in [3.63, 3.8) is 0 Å². The predicted molar refractivity (Wildman–Crippen MR) is 80.7 cm³/mol. The second-order valence-electron chi connectivity index (χ2n) is 5.41. The summed E-state index contributed by atoms with van der Waals surface area (Å²) in [5.74, 6) is 0.911. The van der Waals surface area contributed by atoms with E-state index in [-0.39, 0.29) is 0 Å². The Kier molecular flexibility index (Phi) is 5.67. The molecule has 1 fully saturated rings. The van der Waals surface area contributed by atoms with Crippen molar-refractivity contribution < 1.29 is 9.47 Å². The molecule has 1 saturated heterocycles. The van der Waals surface area contributed by atoms with Crippen LogP contribution in [0.2, 0.25) is 0 Å². The molecule has 1 aromatic rings. The average Bonchev–Trinajstić information content (AvgIpc) is 2.39. The highest BCUT2D eigenvalue weighted by Gasteiger charge is 2.26. The van der Waals surface area contributed by atoms with E-state index in [4.69, 9.17) is 9.47 Å². The zero-order valence-electron chi connectivity index (χ0n) is 11.5. The van der Waals surface area contributed by atoms with Crippen LogP contribution in [0.3, 0.4) is 0 Å². The van der Waals surface area contributed by atoms with E-state index in [0.717, 1.165) is 49.4 Å². The number of hydrogen-bond acceptors (Lipinski definition) is 3. The molecule has 1 aliphatic rings. The number of hydrogen-bond donors (Lipinski definition) is 1. The quantitative estimate of drug-likeness (QED) is 0.814. The lowest BCUT2D eigenvalue weighted by atomic mass is 9.82. The normalized spacial score (nSPS) is 18.2. The second kappa shape index (κ2) is 7.27. The van der Waals surface area contributed by atoms with Gasteiger partial charge in [0.1, 0.15) is 12.4 Å². The van der Waals surface area contributed by atoms with Crippen LogP contribution in [0.4, 0.5) is 0 Å². The fraction of sp³-hybridized carbons (Fsp3) is 0.600. The molecular weight excluding hydrogens is 306 g/mol. The van der Waals surface area contributed by atoms with E-state index in [1.807, 2.05) is 24.3 Å². The standard InChI is InChI=1S/C15H22BrNO2/c1-15(5-8-18-9-6-15)12-17-7-10-19-14-4-2-3-13(16)11-14/h2-4,11,17H,5-10,12H2,1H3. The van der Waals surface area contributed by atoms with Gasteiger partial charge in [-0.1, -0.05) is 28.9 Å². The molecule has 2 rings (SSSR count). The first-order valence-corrected chi connectivity index (χ1v) is 7.64. The molecule has 1 N–H and O–H groups in total. The third-order valence-corrected chi connectivity index (χ3v) is 4.09. The van der Waals surface area contributed by atoms with Gasteiger partial charge >= 0.3 is 0 Å². The van der Waals surface area contributed by atoms with E-state index in [9.17, 15) is 0 Å². The fourth-order valence-corrected chi connectivity index (χ4v) is 2.61. The SMILES string of the molecule is CC1(CNCCOc2cccc(Br)c2)CCOCC1. The minimum Gasteiger partial charge on any atom is -0.492 e. The molecule has 19 heavy (non-hydrogen) atoms. The van der Waals surface area contributed by atoms with Gasteiger partial charge in [0.2, 0.25) is 0 Å². The van der Waals surface area contributed by atoms with E-state index in [2.05, 4.69) is 28.2 Å². The molecule has 4 heteroatoms. The van der Waals surface area contributed by atoms with Crippen LogP contribution in [-0.2, 0) is 4.74 Å². The molecule has 1 aliphatic heterocycles. The molecule has 0 aliphatic carbocycles. The van der Waals surface area contributed by atoms with Gasteiger partial charge in [0, 0.05) is 30.8 Å². The minimum absolute atomic E-state index is 0.383. The van der Waals surface area contributed by atoms with Crippen molar-refractivity contribution in [2.75, 3.05) is 32.9 Å². The average molecular weight is 328 g/mol. The largest absolute Gasteiger partial charge is 0.492 e. The van der Waals surface area contributed by atoms with Crippen molar-refractivity contribution in [3.8, 4) is 5.75 Å². The van der Waals surface area contributed by atoms with Gasteiger partial charge < -0.3 is 14.8 Å². The van der Waals surface area contributed by atoms with Gasteiger partial charge in [-0.2, -0.15) is 0 Å². The summed E-state index contributed by atoms with van der Waals surface area (Å²) in [5, 5.41) is 3.49. The third-order valence-electron chi connectivity index (χ3n) is 3.60. The van der Waals surface area contributed by atoms with Crippen LogP contribution in [-0.4, -0.2) is 32.9 Å². The highest BCUT2D eigenvalue weighted by Crippen LogP contribution is 2.28. The maximum Gasteiger partial charge on any atom is 0.120 e. The molecule has 3 nitrogen and oxygen atoms in total. The predicted octanol–water partition coefficient (Wildman–Crippen LogP) is 3.23. The molecule has 1 heterocycles. The number of rotatable bonds is 6. The van der Waals surface area contributed by atoms with Crippen LogP contribution in [0.5, 0.6) is 5.75 Å². The monoisotopic (exact) mass is 327 g/mol. The highest BCUT2D eigenvalue weighted by atomic mass is 79.9. The van der Waals surface area contributed by atoms with Gasteiger partial charge in [0.25, 0.3) is 0 Å². The number of ether oxygens (including phenoxy) is 2. The number of nitrogens with one attached hydrogen (secondary N) is 1. The summed E-state index contributed by atoms with van der Waals surface area (Å²) in [5.41, 5.74) is 0.383. The molecule has 0 aromatic heterocycles. The van der Waals surface area contributed by atoms with Gasteiger partial charge in [0.05, 0.1) is 0 Å². The first kappa shape index (κ1) is 14.8. The lowest BCUT2D eigenvalue weighted by molar-refractivity contribution is 0.0239. The Morgan fingerprint density at radius 2 is 2.16 bits per heavy atom. The fourth-order valence-electron chi connectivity index (χ4n) is 2.23. The molecule has 0 bridgehead atoms. The van der Waals surface area contributed by atoms with Crippen molar-refractivity contribution in [3.05, 3.63) is 28.7 Å². The van der Waals surface area contributed by atoms with Crippen LogP contribution < -0.4 is 10.1 Å². The van der Waals surface area contributed by atoms with Crippen molar-refractivity contribution in [2.24, 2.45) is 5.41 Å². The van der Waals surface area contributed by atoms with Crippen LogP contribution in [0.1, 0.15) is 19.8 Å². The van der Waals surface area contributed by atoms with E-state index in [1.165, 1.54) is 0 Å². The van der Waals surface area contributed by atoms with Crippen LogP contribution >= 0.6 is 15.9 Å². The van der Waals surface area contributed by atoms with E-state index in [0.29, 0.717) is 12.0 Å².